The molecule has 0 radical (unpaired) electrons. The number of ether oxygens (including phenoxy) is 1. The number of carbonyl (C=O) groups is 1. The molecule has 7 heteroatoms. The molecule has 2 aliphatic rings. The molecule has 0 saturated carbocycles. The van der Waals surface area contributed by atoms with E-state index in [4.69, 9.17) is 14.0 Å². The van der Waals surface area contributed by atoms with Gasteiger partial charge in [-0.25, -0.2) is 4.98 Å². The van der Waals surface area contributed by atoms with Gasteiger partial charge in [0.1, 0.15) is 12.4 Å². The van der Waals surface area contributed by atoms with E-state index in [2.05, 4.69) is 10.3 Å². The number of amides is 1. The Labute approximate surface area is 124 Å². The van der Waals surface area contributed by atoms with Gasteiger partial charge < -0.3 is 19.4 Å². The van der Waals surface area contributed by atoms with E-state index in [0.717, 1.165) is 11.0 Å². The summed E-state index contributed by atoms with van der Waals surface area (Å²) in [5, 5.41) is 2.72. The summed E-state index contributed by atoms with van der Waals surface area (Å²) in [6, 6.07) is 1.91. The average Bonchev–Trinajstić information content (AvgIpc) is 2.52. The molecule has 2 aliphatic heterocycles. The van der Waals surface area contributed by atoms with Gasteiger partial charge in [-0.05, 0) is 27.7 Å². The molecule has 1 aromatic heterocycles. The minimum atomic E-state index is -0.466. The largest absolute Gasteiger partial charge is 0.496 e. The molecule has 0 unspecified atom stereocenters. The van der Waals surface area contributed by atoms with Gasteiger partial charge in [0.25, 0.3) is 5.91 Å². The monoisotopic (exact) mass is 290 g/mol. The number of rotatable bonds is 1. The number of hydrogen-bond donors (Lipinski definition) is 1. The first-order chi connectivity index (χ1) is 9.78. The van der Waals surface area contributed by atoms with E-state index in [0.29, 0.717) is 12.4 Å². The van der Waals surface area contributed by atoms with E-state index in [1.54, 1.807) is 6.20 Å². The van der Waals surface area contributed by atoms with Gasteiger partial charge in [0, 0.05) is 17.2 Å². The number of nitrogens with one attached hydrogen (secondary N) is 1. The Bertz CT molecular complexity index is 572. The summed E-state index contributed by atoms with van der Waals surface area (Å²) < 4.78 is 17.3. The third-order valence-electron chi connectivity index (χ3n) is 4.26. The summed E-state index contributed by atoms with van der Waals surface area (Å²) in [5.41, 5.74) is 0.866. The fraction of sp³-hybridized carbons (Fsp3) is 0.571. The van der Waals surface area contributed by atoms with Crippen LogP contribution in [0.4, 0.5) is 5.82 Å². The molecule has 6 nitrogen and oxygen atoms in total. The molecule has 0 atom stereocenters. The van der Waals surface area contributed by atoms with Crippen LogP contribution in [-0.4, -0.2) is 35.8 Å². The van der Waals surface area contributed by atoms with Crippen molar-refractivity contribution in [3.05, 3.63) is 17.8 Å². The van der Waals surface area contributed by atoms with Crippen LogP contribution in [0.2, 0.25) is 0 Å². The highest BCUT2D eigenvalue weighted by Crippen LogP contribution is 2.36. The van der Waals surface area contributed by atoms with Crippen LogP contribution < -0.4 is 10.8 Å². The Balaban J connectivity index is 1.88. The van der Waals surface area contributed by atoms with Crippen LogP contribution in [0, 0.1) is 0 Å². The maximum atomic E-state index is 11.4. The molecular formula is C14H19BN2O4. The van der Waals surface area contributed by atoms with Gasteiger partial charge in [-0.1, -0.05) is 6.07 Å². The van der Waals surface area contributed by atoms with Gasteiger partial charge in [0.15, 0.2) is 0 Å². The lowest BCUT2D eigenvalue weighted by atomic mass is 9.79. The molecule has 1 amide bonds. The molecule has 3 heterocycles. The van der Waals surface area contributed by atoms with Crippen molar-refractivity contribution < 1.29 is 18.8 Å². The highest BCUT2D eigenvalue weighted by molar-refractivity contribution is 6.62. The molecule has 1 N–H and O–H groups in total. The number of anilines is 1. The number of hydrogen-bond acceptors (Lipinski definition) is 5. The lowest BCUT2D eigenvalue weighted by Gasteiger charge is -2.32. The second kappa shape index (κ2) is 4.79. The van der Waals surface area contributed by atoms with Crippen molar-refractivity contribution in [3.8, 4) is 0 Å². The first-order valence-electron chi connectivity index (χ1n) is 7.00. The Kier molecular flexibility index (Phi) is 3.31. The third-order valence-corrected chi connectivity index (χ3v) is 4.26. The van der Waals surface area contributed by atoms with E-state index in [9.17, 15) is 4.79 Å². The van der Waals surface area contributed by atoms with E-state index < -0.39 is 18.3 Å². The Morgan fingerprint density at radius 3 is 2.52 bits per heavy atom. The summed E-state index contributed by atoms with van der Waals surface area (Å²) in [7, 11) is -0.466. The molecular weight excluding hydrogens is 271 g/mol. The fourth-order valence-corrected chi connectivity index (χ4v) is 2.28. The summed E-state index contributed by atoms with van der Waals surface area (Å²) in [6.07, 6.45) is 1.67. The van der Waals surface area contributed by atoms with Crippen molar-refractivity contribution in [2.45, 2.75) is 45.5 Å². The van der Waals surface area contributed by atoms with Crippen LogP contribution in [0.3, 0.4) is 0 Å². The van der Waals surface area contributed by atoms with Crippen molar-refractivity contribution >= 4 is 24.3 Å². The van der Waals surface area contributed by atoms with Crippen LogP contribution >= 0.6 is 0 Å². The molecule has 112 valence electrons. The zero-order valence-corrected chi connectivity index (χ0v) is 12.7. The van der Waals surface area contributed by atoms with Crippen LogP contribution in [0.1, 0.15) is 33.3 Å². The smallest absolute Gasteiger partial charge is 0.399 e. The Hall–Kier alpha value is -1.44. The second-order valence-corrected chi connectivity index (χ2v) is 6.41. The lowest BCUT2D eigenvalue weighted by Crippen LogP contribution is -2.41. The standard InChI is InChI=1S/C14H19BN2O4/c1-13(2)14(3,4)21-15(20-13)10-5-9-7-19-8-11(18)17-12(9)16-6-10/h5-6H,7-8H2,1-4H3,(H,16,17,18). The van der Waals surface area contributed by atoms with Gasteiger partial charge in [-0.15, -0.1) is 0 Å². The lowest BCUT2D eigenvalue weighted by molar-refractivity contribution is -0.120. The van der Waals surface area contributed by atoms with Crippen molar-refractivity contribution in [2.24, 2.45) is 0 Å². The van der Waals surface area contributed by atoms with Crippen molar-refractivity contribution in [1.82, 2.24) is 4.98 Å². The summed E-state index contributed by atoms with van der Waals surface area (Å²) in [6.45, 7) is 8.41. The van der Waals surface area contributed by atoms with E-state index in [-0.39, 0.29) is 12.5 Å². The number of nitrogens with zero attached hydrogens (tertiary/aromatic N) is 1. The van der Waals surface area contributed by atoms with Crippen molar-refractivity contribution in [1.29, 1.82) is 0 Å². The van der Waals surface area contributed by atoms with E-state index >= 15 is 0 Å². The Morgan fingerprint density at radius 2 is 1.86 bits per heavy atom. The summed E-state index contributed by atoms with van der Waals surface area (Å²) >= 11 is 0. The first kappa shape index (κ1) is 14.5. The molecule has 1 saturated heterocycles. The molecule has 0 aromatic carbocycles. The molecule has 1 aromatic rings. The number of carbonyl (C=O) groups excluding carboxylic acids is 1. The zero-order valence-electron chi connectivity index (χ0n) is 12.7. The molecule has 1 fully saturated rings. The highest BCUT2D eigenvalue weighted by Gasteiger charge is 2.51. The average molecular weight is 290 g/mol. The second-order valence-electron chi connectivity index (χ2n) is 6.41. The van der Waals surface area contributed by atoms with E-state index in [1.165, 1.54) is 0 Å². The minimum Gasteiger partial charge on any atom is -0.399 e. The van der Waals surface area contributed by atoms with Crippen LogP contribution in [0.5, 0.6) is 0 Å². The van der Waals surface area contributed by atoms with Crippen LogP contribution in [-0.2, 0) is 25.4 Å². The topological polar surface area (TPSA) is 69.7 Å². The van der Waals surface area contributed by atoms with Gasteiger partial charge in [-0.2, -0.15) is 0 Å². The maximum absolute atomic E-state index is 11.4. The summed E-state index contributed by atoms with van der Waals surface area (Å²) in [4.78, 5) is 15.7. The molecule has 21 heavy (non-hydrogen) atoms. The van der Waals surface area contributed by atoms with Crippen LogP contribution in [0.15, 0.2) is 12.3 Å². The molecule has 0 spiro atoms. The van der Waals surface area contributed by atoms with Gasteiger partial charge in [0.2, 0.25) is 0 Å². The zero-order chi connectivity index (χ0) is 15.3. The predicted octanol–water partition coefficient (Wildman–Crippen LogP) is 0.849. The fourth-order valence-electron chi connectivity index (χ4n) is 2.28. The summed E-state index contributed by atoms with van der Waals surface area (Å²) in [5.74, 6) is 0.349. The number of aromatic nitrogens is 1. The van der Waals surface area contributed by atoms with Crippen molar-refractivity contribution in [3.63, 3.8) is 0 Å². The predicted molar refractivity (Wildman–Crippen MR) is 78.2 cm³/mol. The van der Waals surface area contributed by atoms with Gasteiger partial charge in [0.05, 0.1) is 17.8 Å². The quantitative estimate of drug-likeness (QED) is 0.776. The normalized spacial score (nSPS) is 23.4. The van der Waals surface area contributed by atoms with Gasteiger partial charge in [-0.3, -0.25) is 4.79 Å². The van der Waals surface area contributed by atoms with E-state index in [1.807, 2.05) is 33.8 Å². The minimum absolute atomic E-state index is 0.0438. The molecule has 3 rings (SSSR count). The SMILES string of the molecule is CC1(C)OB(c2cnc3c(c2)COCC(=O)N3)OC1(C)C. The number of fused-ring (bicyclic) bond motifs is 1. The Morgan fingerprint density at radius 1 is 1.19 bits per heavy atom. The van der Waals surface area contributed by atoms with Crippen molar-refractivity contribution in [2.75, 3.05) is 11.9 Å². The number of pyridine rings is 1. The third kappa shape index (κ3) is 2.56. The molecule has 0 aliphatic carbocycles. The van der Waals surface area contributed by atoms with Gasteiger partial charge >= 0.3 is 7.12 Å². The highest BCUT2D eigenvalue weighted by atomic mass is 16.7. The maximum Gasteiger partial charge on any atom is 0.496 e. The first-order valence-corrected chi connectivity index (χ1v) is 7.00. The molecule has 0 bridgehead atoms. The van der Waals surface area contributed by atoms with Crippen LogP contribution in [0.25, 0.3) is 0 Å².